The first kappa shape index (κ1) is 20.1. The van der Waals surface area contributed by atoms with E-state index in [1.807, 2.05) is 11.6 Å². The average Bonchev–Trinajstić information content (AvgIpc) is 2.98. The van der Waals surface area contributed by atoms with Gasteiger partial charge in [-0.15, -0.1) is 0 Å². The number of nitrogens with one attached hydrogen (secondary N) is 1. The van der Waals surface area contributed by atoms with Gasteiger partial charge in [-0.05, 0) is 63.3 Å². The molecule has 1 aromatic heterocycles. The van der Waals surface area contributed by atoms with Crippen LogP contribution in [-0.4, -0.2) is 27.3 Å². The molecule has 1 saturated heterocycles. The molecule has 2 heterocycles. The number of benzene rings is 1. The first-order valence-electron chi connectivity index (χ1n) is 10.8. The number of rotatable bonds is 3. The van der Waals surface area contributed by atoms with Crippen LogP contribution in [-0.2, 0) is 9.53 Å². The molecular weight excluding hydrogens is 362 g/mol. The Kier molecular flexibility index (Phi) is 5.28. The van der Waals surface area contributed by atoms with Crippen molar-refractivity contribution in [2.45, 2.75) is 78.0 Å². The lowest BCUT2D eigenvalue weighted by atomic mass is 9.66. The highest BCUT2D eigenvalue weighted by molar-refractivity contribution is 5.73. The minimum absolute atomic E-state index is 0.0321. The highest BCUT2D eigenvalue weighted by atomic mass is 16.5. The van der Waals surface area contributed by atoms with Crippen molar-refractivity contribution in [2.24, 2.45) is 11.8 Å². The zero-order valence-corrected chi connectivity index (χ0v) is 18.2. The van der Waals surface area contributed by atoms with E-state index in [2.05, 4.69) is 61.5 Å². The summed E-state index contributed by atoms with van der Waals surface area (Å²) in [5.74, 6) is 1.08. The Balaban J connectivity index is 1.66. The SMILES string of the molecule is CC(=O)N[C@@]1(C)C[C@H](c2cccc(-n3nc(C)cc3C)c2)O[C@@H]2C[C@H](C)CC[C@H]21. The van der Waals surface area contributed by atoms with Gasteiger partial charge in [-0.2, -0.15) is 5.10 Å². The van der Waals surface area contributed by atoms with Gasteiger partial charge in [0.15, 0.2) is 0 Å². The summed E-state index contributed by atoms with van der Waals surface area (Å²) in [5.41, 5.74) is 4.10. The van der Waals surface area contributed by atoms with Crippen molar-refractivity contribution in [1.82, 2.24) is 15.1 Å². The second-order valence-electron chi connectivity index (χ2n) is 9.42. The number of aromatic nitrogens is 2. The van der Waals surface area contributed by atoms with E-state index in [-0.39, 0.29) is 23.7 Å². The van der Waals surface area contributed by atoms with Gasteiger partial charge in [0.2, 0.25) is 5.91 Å². The van der Waals surface area contributed by atoms with Crippen molar-refractivity contribution < 1.29 is 9.53 Å². The second kappa shape index (κ2) is 7.60. The Labute approximate surface area is 173 Å². The molecule has 1 aliphatic heterocycles. The molecule has 4 rings (SSSR count). The van der Waals surface area contributed by atoms with Crippen LogP contribution in [0.15, 0.2) is 30.3 Å². The molecule has 5 heteroatoms. The lowest BCUT2D eigenvalue weighted by Crippen LogP contribution is -2.60. The fourth-order valence-corrected chi connectivity index (χ4v) is 5.49. The van der Waals surface area contributed by atoms with Crippen molar-refractivity contribution in [3.8, 4) is 5.69 Å². The number of hydrogen-bond acceptors (Lipinski definition) is 3. The largest absolute Gasteiger partial charge is 0.370 e. The summed E-state index contributed by atoms with van der Waals surface area (Å²) in [6.45, 7) is 10.2. The molecular formula is C24H33N3O2. The maximum absolute atomic E-state index is 12.0. The predicted molar refractivity (Wildman–Crippen MR) is 114 cm³/mol. The molecule has 2 fully saturated rings. The van der Waals surface area contributed by atoms with Crippen molar-refractivity contribution in [3.05, 3.63) is 47.3 Å². The standard InChI is InChI=1S/C24H33N3O2/c1-15-9-10-21-22(11-15)29-23(14-24(21,5)25-18(4)28)19-7-6-8-20(13-19)27-17(3)12-16(2)26-27/h6-8,12-13,15,21-23H,9-11,14H2,1-5H3,(H,25,28)/t15-,21-,22-,23-,24+/m1/s1. The number of aryl methyl sites for hydroxylation is 2. The molecule has 1 N–H and O–H groups in total. The molecule has 1 amide bonds. The second-order valence-corrected chi connectivity index (χ2v) is 9.42. The lowest BCUT2D eigenvalue weighted by molar-refractivity contribution is -0.153. The Morgan fingerprint density at radius 3 is 2.76 bits per heavy atom. The topological polar surface area (TPSA) is 56.2 Å². The molecule has 29 heavy (non-hydrogen) atoms. The van der Waals surface area contributed by atoms with Crippen LogP contribution < -0.4 is 5.32 Å². The van der Waals surface area contributed by atoms with E-state index >= 15 is 0 Å². The molecule has 1 saturated carbocycles. The molecule has 0 bridgehead atoms. The van der Waals surface area contributed by atoms with E-state index < -0.39 is 0 Å². The molecule has 0 radical (unpaired) electrons. The summed E-state index contributed by atoms with van der Waals surface area (Å²) < 4.78 is 8.66. The van der Waals surface area contributed by atoms with Crippen LogP contribution in [0.1, 0.15) is 69.5 Å². The zero-order valence-electron chi connectivity index (χ0n) is 18.2. The van der Waals surface area contributed by atoms with Crippen molar-refractivity contribution in [3.63, 3.8) is 0 Å². The van der Waals surface area contributed by atoms with Gasteiger partial charge in [-0.25, -0.2) is 4.68 Å². The Hall–Kier alpha value is -2.14. The van der Waals surface area contributed by atoms with Gasteiger partial charge in [0, 0.05) is 30.5 Å². The Bertz CT molecular complexity index is 905. The maximum atomic E-state index is 12.0. The zero-order chi connectivity index (χ0) is 20.8. The molecule has 0 spiro atoms. The van der Waals surface area contributed by atoms with E-state index in [4.69, 9.17) is 4.74 Å². The van der Waals surface area contributed by atoms with Crippen molar-refractivity contribution in [2.75, 3.05) is 0 Å². The molecule has 0 unspecified atom stereocenters. The Morgan fingerprint density at radius 1 is 1.28 bits per heavy atom. The number of nitrogens with zero attached hydrogens (tertiary/aromatic N) is 2. The average molecular weight is 396 g/mol. The highest BCUT2D eigenvalue weighted by Crippen LogP contribution is 2.48. The van der Waals surface area contributed by atoms with Crippen molar-refractivity contribution >= 4 is 5.91 Å². The van der Waals surface area contributed by atoms with Gasteiger partial charge in [-0.1, -0.05) is 25.5 Å². The van der Waals surface area contributed by atoms with Gasteiger partial charge >= 0.3 is 0 Å². The normalized spacial score (nSPS) is 31.9. The van der Waals surface area contributed by atoms with Crippen LogP contribution in [0, 0.1) is 25.7 Å². The van der Waals surface area contributed by atoms with Crippen molar-refractivity contribution in [1.29, 1.82) is 0 Å². The summed E-state index contributed by atoms with van der Waals surface area (Å²) in [6, 6.07) is 10.6. The summed E-state index contributed by atoms with van der Waals surface area (Å²) in [6.07, 6.45) is 4.33. The number of carbonyl (C=O) groups is 1. The number of carbonyl (C=O) groups excluding carboxylic acids is 1. The first-order valence-corrected chi connectivity index (χ1v) is 10.8. The highest BCUT2D eigenvalue weighted by Gasteiger charge is 2.49. The number of hydrogen-bond donors (Lipinski definition) is 1. The van der Waals surface area contributed by atoms with Gasteiger partial charge < -0.3 is 10.1 Å². The van der Waals surface area contributed by atoms with E-state index in [1.165, 1.54) is 6.42 Å². The third kappa shape index (κ3) is 3.97. The molecule has 1 aromatic carbocycles. The van der Waals surface area contributed by atoms with Crippen LogP contribution >= 0.6 is 0 Å². The Morgan fingerprint density at radius 2 is 2.07 bits per heavy atom. The van der Waals surface area contributed by atoms with Crippen LogP contribution in [0.4, 0.5) is 0 Å². The summed E-state index contributed by atoms with van der Waals surface area (Å²) in [5, 5.41) is 7.92. The molecule has 156 valence electrons. The van der Waals surface area contributed by atoms with E-state index in [0.717, 1.165) is 41.9 Å². The molecule has 5 atom stereocenters. The summed E-state index contributed by atoms with van der Waals surface area (Å²) >= 11 is 0. The van der Waals surface area contributed by atoms with Crippen LogP contribution in [0.2, 0.25) is 0 Å². The number of amides is 1. The predicted octanol–water partition coefficient (Wildman–Crippen LogP) is 4.65. The van der Waals surface area contributed by atoms with Gasteiger partial charge in [0.25, 0.3) is 0 Å². The maximum Gasteiger partial charge on any atom is 0.217 e. The molecule has 2 aliphatic rings. The third-order valence-electron chi connectivity index (χ3n) is 6.78. The fraction of sp³-hybridized carbons (Fsp3) is 0.583. The third-order valence-corrected chi connectivity index (χ3v) is 6.78. The minimum Gasteiger partial charge on any atom is -0.370 e. The van der Waals surface area contributed by atoms with Crippen LogP contribution in [0.3, 0.4) is 0 Å². The molecule has 2 aromatic rings. The summed E-state index contributed by atoms with van der Waals surface area (Å²) in [4.78, 5) is 12.0. The van der Waals surface area contributed by atoms with E-state index in [9.17, 15) is 4.79 Å². The van der Waals surface area contributed by atoms with Gasteiger partial charge in [-0.3, -0.25) is 4.79 Å². The quantitative estimate of drug-likeness (QED) is 0.823. The molecule has 5 nitrogen and oxygen atoms in total. The van der Waals surface area contributed by atoms with Crippen LogP contribution in [0.25, 0.3) is 5.69 Å². The lowest BCUT2D eigenvalue weighted by Gasteiger charge is -2.52. The van der Waals surface area contributed by atoms with E-state index in [0.29, 0.717) is 11.8 Å². The summed E-state index contributed by atoms with van der Waals surface area (Å²) in [7, 11) is 0. The monoisotopic (exact) mass is 395 g/mol. The molecule has 1 aliphatic carbocycles. The number of ether oxygens (including phenoxy) is 1. The van der Waals surface area contributed by atoms with Crippen LogP contribution in [0.5, 0.6) is 0 Å². The fourth-order valence-electron chi connectivity index (χ4n) is 5.49. The van der Waals surface area contributed by atoms with Gasteiger partial charge in [0.1, 0.15) is 0 Å². The van der Waals surface area contributed by atoms with Gasteiger partial charge in [0.05, 0.1) is 23.6 Å². The first-order chi connectivity index (χ1) is 13.7. The smallest absolute Gasteiger partial charge is 0.217 e. The number of fused-ring (bicyclic) bond motifs is 1. The van der Waals surface area contributed by atoms with E-state index in [1.54, 1.807) is 6.92 Å². The minimum atomic E-state index is -0.242.